The molecule has 1 atom stereocenters. The first-order valence-corrected chi connectivity index (χ1v) is 10.6. The number of hydrogen-bond donors (Lipinski definition) is 0. The van der Waals surface area contributed by atoms with Gasteiger partial charge in [-0.1, -0.05) is 42.1 Å². The topological polar surface area (TPSA) is 60.2 Å². The first kappa shape index (κ1) is 19.9. The van der Waals surface area contributed by atoms with Gasteiger partial charge in [0.2, 0.25) is 5.91 Å². The van der Waals surface area contributed by atoms with Gasteiger partial charge < -0.3 is 14.2 Å². The first-order chi connectivity index (χ1) is 13.1. The van der Waals surface area contributed by atoms with Crippen molar-refractivity contribution in [2.24, 2.45) is 7.05 Å². The molecule has 146 valence electrons. The average molecular weight is 389 g/mol. The van der Waals surface area contributed by atoms with E-state index in [2.05, 4.69) is 10.2 Å². The Bertz CT molecular complexity index is 729. The molecule has 1 aromatic heterocycles. The van der Waals surface area contributed by atoms with Gasteiger partial charge in [0.1, 0.15) is 0 Å². The van der Waals surface area contributed by atoms with Crippen molar-refractivity contribution in [3.05, 3.63) is 30.3 Å². The number of thioether (sulfide) groups is 1. The van der Waals surface area contributed by atoms with Gasteiger partial charge in [0.05, 0.1) is 6.10 Å². The zero-order chi connectivity index (χ0) is 19.1. The zero-order valence-electron chi connectivity index (χ0n) is 16.1. The van der Waals surface area contributed by atoms with Crippen LogP contribution in [0.2, 0.25) is 0 Å². The van der Waals surface area contributed by atoms with Gasteiger partial charge in [0.15, 0.2) is 11.0 Å². The summed E-state index contributed by atoms with van der Waals surface area (Å²) in [4.78, 5) is 14.2. The van der Waals surface area contributed by atoms with E-state index >= 15 is 0 Å². The first-order valence-electron chi connectivity index (χ1n) is 9.58. The molecule has 0 bridgehead atoms. The summed E-state index contributed by atoms with van der Waals surface area (Å²) in [5.74, 6) is 1.71. The van der Waals surface area contributed by atoms with E-state index in [1.54, 1.807) is 11.8 Å². The number of benzene rings is 1. The molecule has 1 unspecified atom stereocenters. The Balaban J connectivity index is 1.42. The summed E-state index contributed by atoms with van der Waals surface area (Å²) >= 11 is 1.57. The number of rotatable bonds is 8. The van der Waals surface area contributed by atoms with Crippen molar-refractivity contribution in [1.29, 1.82) is 0 Å². The Labute approximate surface area is 165 Å². The lowest BCUT2D eigenvalue weighted by Crippen LogP contribution is -2.31. The minimum absolute atomic E-state index is 0.170. The molecule has 1 amide bonds. The third-order valence-corrected chi connectivity index (χ3v) is 5.92. The summed E-state index contributed by atoms with van der Waals surface area (Å²) in [6.45, 7) is 1.62. The van der Waals surface area contributed by atoms with Crippen molar-refractivity contribution in [3.8, 4) is 11.4 Å². The largest absolute Gasteiger partial charge is 0.378 e. The monoisotopic (exact) mass is 388 g/mol. The smallest absolute Gasteiger partial charge is 0.223 e. The number of aromatic nitrogens is 3. The van der Waals surface area contributed by atoms with Crippen LogP contribution < -0.4 is 0 Å². The third-order valence-electron chi connectivity index (χ3n) is 4.90. The van der Waals surface area contributed by atoms with Gasteiger partial charge in [0.25, 0.3) is 0 Å². The minimum Gasteiger partial charge on any atom is -0.378 e. The SMILES string of the molecule is CN(CCC1CCCCO1)C(=O)CCSc1nnc(-c2ccccc2)n1C. The molecular weight excluding hydrogens is 360 g/mol. The molecule has 0 spiro atoms. The predicted molar refractivity (Wildman–Crippen MR) is 108 cm³/mol. The summed E-state index contributed by atoms with van der Waals surface area (Å²) in [5.41, 5.74) is 1.04. The highest BCUT2D eigenvalue weighted by Crippen LogP contribution is 2.23. The molecule has 0 aliphatic carbocycles. The Morgan fingerprint density at radius 1 is 1.30 bits per heavy atom. The molecule has 2 heterocycles. The van der Waals surface area contributed by atoms with Gasteiger partial charge in [-0.3, -0.25) is 4.79 Å². The number of carbonyl (C=O) groups is 1. The summed E-state index contributed by atoms with van der Waals surface area (Å²) in [6, 6.07) is 10.0. The summed E-state index contributed by atoms with van der Waals surface area (Å²) in [6.07, 6.45) is 5.27. The summed E-state index contributed by atoms with van der Waals surface area (Å²) in [7, 11) is 3.84. The maximum absolute atomic E-state index is 12.3. The van der Waals surface area contributed by atoms with E-state index in [4.69, 9.17) is 4.74 Å². The molecule has 1 fully saturated rings. The molecule has 7 heteroatoms. The molecule has 3 rings (SSSR count). The van der Waals surface area contributed by atoms with Crippen LogP contribution in [0.1, 0.15) is 32.1 Å². The highest BCUT2D eigenvalue weighted by atomic mass is 32.2. The molecule has 6 nitrogen and oxygen atoms in total. The van der Waals surface area contributed by atoms with Gasteiger partial charge in [0, 0.05) is 45.0 Å². The van der Waals surface area contributed by atoms with Crippen molar-refractivity contribution in [2.75, 3.05) is 26.0 Å². The zero-order valence-corrected chi connectivity index (χ0v) is 17.0. The summed E-state index contributed by atoms with van der Waals surface area (Å²) < 4.78 is 7.72. The quantitative estimate of drug-likeness (QED) is 0.649. The number of ether oxygens (including phenoxy) is 1. The normalized spacial score (nSPS) is 17.0. The van der Waals surface area contributed by atoms with Gasteiger partial charge >= 0.3 is 0 Å². The van der Waals surface area contributed by atoms with Crippen LogP contribution in [0.25, 0.3) is 11.4 Å². The van der Waals surface area contributed by atoms with Gasteiger partial charge in [-0.05, 0) is 25.7 Å². The minimum atomic E-state index is 0.170. The van der Waals surface area contributed by atoms with Crippen LogP contribution in [0.15, 0.2) is 35.5 Å². The molecule has 1 aromatic carbocycles. The average Bonchev–Trinajstić information content (AvgIpc) is 3.08. The lowest BCUT2D eigenvalue weighted by molar-refractivity contribution is -0.129. The van der Waals surface area contributed by atoms with Crippen LogP contribution in [-0.2, 0) is 16.6 Å². The van der Waals surface area contributed by atoms with Crippen molar-refractivity contribution >= 4 is 17.7 Å². The van der Waals surface area contributed by atoms with Crippen molar-refractivity contribution in [1.82, 2.24) is 19.7 Å². The second kappa shape index (κ2) is 9.90. The van der Waals surface area contributed by atoms with E-state index in [9.17, 15) is 4.79 Å². The number of nitrogens with zero attached hydrogens (tertiary/aromatic N) is 4. The fourth-order valence-electron chi connectivity index (χ4n) is 3.20. The fourth-order valence-corrected chi connectivity index (χ4v) is 4.04. The third kappa shape index (κ3) is 5.56. The molecule has 1 saturated heterocycles. The molecule has 2 aromatic rings. The Morgan fingerprint density at radius 3 is 2.85 bits per heavy atom. The second-order valence-electron chi connectivity index (χ2n) is 6.92. The van der Waals surface area contributed by atoms with Crippen LogP contribution in [0.5, 0.6) is 0 Å². The van der Waals surface area contributed by atoms with E-state index in [1.807, 2.05) is 53.9 Å². The van der Waals surface area contributed by atoms with Crippen molar-refractivity contribution < 1.29 is 9.53 Å². The molecular formula is C20H28N4O2S. The van der Waals surface area contributed by atoms with Gasteiger partial charge in [-0.15, -0.1) is 10.2 Å². The Morgan fingerprint density at radius 2 is 2.11 bits per heavy atom. The van der Waals surface area contributed by atoms with Gasteiger partial charge in [-0.25, -0.2) is 0 Å². The molecule has 27 heavy (non-hydrogen) atoms. The predicted octanol–water partition coefficient (Wildman–Crippen LogP) is 3.38. The molecule has 0 saturated carbocycles. The van der Waals surface area contributed by atoms with Crippen LogP contribution >= 0.6 is 11.8 Å². The number of hydrogen-bond acceptors (Lipinski definition) is 5. The maximum Gasteiger partial charge on any atom is 0.223 e. The van der Waals surface area contributed by atoms with Gasteiger partial charge in [-0.2, -0.15) is 0 Å². The highest BCUT2D eigenvalue weighted by molar-refractivity contribution is 7.99. The lowest BCUT2D eigenvalue weighted by atomic mass is 10.1. The van der Waals surface area contributed by atoms with E-state index in [0.717, 1.165) is 49.0 Å². The van der Waals surface area contributed by atoms with E-state index in [1.165, 1.54) is 6.42 Å². The summed E-state index contributed by atoms with van der Waals surface area (Å²) in [5, 5.41) is 9.38. The van der Waals surface area contributed by atoms with Crippen LogP contribution in [-0.4, -0.2) is 57.6 Å². The number of carbonyl (C=O) groups excluding carboxylic acids is 1. The molecule has 0 N–H and O–H groups in total. The van der Waals surface area contributed by atoms with Crippen LogP contribution in [0.4, 0.5) is 0 Å². The molecule has 0 radical (unpaired) electrons. The van der Waals surface area contributed by atoms with E-state index in [-0.39, 0.29) is 5.91 Å². The fraction of sp³-hybridized carbons (Fsp3) is 0.550. The van der Waals surface area contributed by atoms with Crippen molar-refractivity contribution in [3.63, 3.8) is 0 Å². The standard InChI is InChI=1S/C20H28N4O2S/c1-23(13-11-17-10-6-7-14-26-17)18(25)12-15-27-20-22-21-19(24(20)2)16-8-4-3-5-9-16/h3-5,8-9,17H,6-7,10-15H2,1-2H3. The Hall–Kier alpha value is -1.86. The second-order valence-corrected chi connectivity index (χ2v) is 7.98. The highest BCUT2D eigenvalue weighted by Gasteiger charge is 2.17. The lowest BCUT2D eigenvalue weighted by Gasteiger charge is -2.25. The van der Waals surface area contributed by atoms with Crippen LogP contribution in [0, 0.1) is 0 Å². The number of amides is 1. The molecule has 1 aliphatic rings. The van der Waals surface area contributed by atoms with Crippen molar-refractivity contribution in [2.45, 2.75) is 43.4 Å². The molecule has 1 aliphatic heterocycles. The van der Waals surface area contributed by atoms with E-state index in [0.29, 0.717) is 18.3 Å². The Kier molecular flexibility index (Phi) is 7.29. The van der Waals surface area contributed by atoms with Crippen LogP contribution in [0.3, 0.4) is 0 Å². The maximum atomic E-state index is 12.3. The van der Waals surface area contributed by atoms with E-state index < -0.39 is 0 Å².